The minimum Gasteiger partial charge on any atom is -0.383 e. The Morgan fingerprint density at radius 1 is 1.57 bits per heavy atom. The summed E-state index contributed by atoms with van der Waals surface area (Å²) in [5.41, 5.74) is 6.10. The molecule has 2 rings (SSSR count). The molecule has 0 amide bonds. The average molecular weight is 213 g/mol. The number of aromatic nitrogens is 3. The Bertz CT molecular complexity index is 496. The summed E-state index contributed by atoms with van der Waals surface area (Å²) in [6.45, 7) is 0. The molecule has 0 aliphatic carbocycles. The first kappa shape index (κ1) is 8.91. The van der Waals surface area contributed by atoms with Gasteiger partial charge in [0.15, 0.2) is 0 Å². The van der Waals surface area contributed by atoms with E-state index in [-0.39, 0.29) is 11.8 Å². The van der Waals surface area contributed by atoms with Crippen LogP contribution < -0.4 is 10.5 Å². The molecule has 0 aliphatic rings. The Balaban J connectivity index is 2.53. The normalized spacial score (nSPS) is 12.9. The Kier molecular flexibility index (Phi) is 2.06. The summed E-state index contributed by atoms with van der Waals surface area (Å²) >= 11 is -2.20. The minimum absolute atomic E-state index is 0.0123. The summed E-state index contributed by atoms with van der Waals surface area (Å²) < 4.78 is 21.1. The molecule has 0 aromatic carbocycles. The Morgan fingerprint density at radius 3 is 3.07 bits per heavy atom. The van der Waals surface area contributed by atoms with E-state index in [1.807, 2.05) is 0 Å². The maximum absolute atomic E-state index is 10.4. The van der Waals surface area contributed by atoms with Gasteiger partial charge in [0.1, 0.15) is 11.5 Å². The molecule has 0 bridgehead atoms. The Hall–Kier alpha value is -1.67. The molecular formula is C6H7N5O2S. The molecule has 1 atom stereocenters. The Labute approximate surface area is 81.2 Å². The van der Waals surface area contributed by atoms with Crippen LogP contribution in [0.1, 0.15) is 0 Å². The lowest BCUT2D eigenvalue weighted by Gasteiger charge is -2.00. The molecule has 8 heteroatoms. The van der Waals surface area contributed by atoms with Crippen LogP contribution in [0.25, 0.3) is 11.0 Å². The molecule has 0 aliphatic heterocycles. The molecular weight excluding hydrogens is 206 g/mol. The standard InChI is InChI=1S/C6H7N5O2S/c7-4-3-1-2-8-5(3)10-6(9-4)11-14(12)13/h1-2H,(H,12,13)(H4,7,8,9,10,11). The van der Waals surface area contributed by atoms with E-state index in [4.69, 9.17) is 10.3 Å². The molecule has 0 spiro atoms. The number of nitrogens with zero attached hydrogens (tertiary/aromatic N) is 2. The third-order valence-electron chi connectivity index (χ3n) is 1.62. The average Bonchev–Trinajstić information content (AvgIpc) is 2.50. The molecule has 0 saturated carbocycles. The van der Waals surface area contributed by atoms with Crippen LogP contribution in [-0.4, -0.2) is 23.7 Å². The third-order valence-corrected chi connectivity index (χ3v) is 1.98. The number of anilines is 2. The lowest BCUT2D eigenvalue weighted by atomic mass is 10.4. The van der Waals surface area contributed by atoms with Crippen LogP contribution in [0.2, 0.25) is 0 Å². The van der Waals surface area contributed by atoms with Crippen molar-refractivity contribution in [2.24, 2.45) is 0 Å². The van der Waals surface area contributed by atoms with Crippen LogP contribution in [0.15, 0.2) is 12.3 Å². The van der Waals surface area contributed by atoms with Gasteiger partial charge in [-0.25, -0.2) is 8.93 Å². The topological polar surface area (TPSA) is 117 Å². The molecule has 7 nitrogen and oxygen atoms in total. The lowest BCUT2D eigenvalue weighted by Crippen LogP contribution is -2.07. The fourth-order valence-electron chi connectivity index (χ4n) is 1.09. The summed E-state index contributed by atoms with van der Waals surface area (Å²) in [5, 5.41) is 0.680. The van der Waals surface area contributed by atoms with Crippen molar-refractivity contribution in [3.8, 4) is 0 Å². The number of nitrogen functional groups attached to an aromatic ring is 1. The number of hydrogen-bond acceptors (Lipinski definition) is 4. The van der Waals surface area contributed by atoms with Gasteiger partial charge in [-0.2, -0.15) is 9.97 Å². The maximum Gasteiger partial charge on any atom is 0.261 e. The predicted octanol–water partition coefficient (Wildman–Crippen LogP) is 0.0887. The zero-order valence-corrected chi connectivity index (χ0v) is 7.71. The van der Waals surface area contributed by atoms with Gasteiger partial charge < -0.3 is 10.7 Å². The molecule has 2 aromatic rings. The van der Waals surface area contributed by atoms with Gasteiger partial charge in [-0.15, -0.1) is 0 Å². The molecule has 0 fully saturated rings. The zero-order valence-electron chi connectivity index (χ0n) is 6.89. The first-order valence-electron chi connectivity index (χ1n) is 3.65. The Morgan fingerprint density at radius 2 is 2.36 bits per heavy atom. The summed E-state index contributed by atoms with van der Waals surface area (Å²) in [4.78, 5) is 10.5. The fourth-order valence-corrected chi connectivity index (χ4v) is 1.34. The molecule has 2 heterocycles. The number of nitrogens with two attached hydrogens (primary N) is 1. The van der Waals surface area contributed by atoms with Crippen molar-refractivity contribution in [3.05, 3.63) is 12.3 Å². The van der Waals surface area contributed by atoms with Crippen LogP contribution in [-0.2, 0) is 11.3 Å². The summed E-state index contributed by atoms with van der Waals surface area (Å²) in [5.74, 6) is 0.266. The number of rotatable bonds is 2. The molecule has 0 saturated heterocycles. The van der Waals surface area contributed by atoms with E-state index in [2.05, 4.69) is 19.7 Å². The number of aromatic amines is 1. The number of H-pyrrole nitrogens is 1. The number of nitrogens with one attached hydrogen (secondary N) is 2. The van der Waals surface area contributed by atoms with Crippen LogP contribution in [0, 0.1) is 0 Å². The number of fused-ring (bicyclic) bond motifs is 1. The second-order valence-corrected chi connectivity index (χ2v) is 3.23. The third kappa shape index (κ3) is 1.52. The van der Waals surface area contributed by atoms with Gasteiger partial charge in [0.2, 0.25) is 5.95 Å². The zero-order chi connectivity index (χ0) is 10.1. The predicted molar refractivity (Wildman–Crippen MR) is 52.7 cm³/mol. The smallest absolute Gasteiger partial charge is 0.261 e. The van der Waals surface area contributed by atoms with Gasteiger partial charge in [-0.05, 0) is 6.07 Å². The summed E-state index contributed by atoms with van der Waals surface area (Å²) in [6.07, 6.45) is 1.66. The van der Waals surface area contributed by atoms with Gasteiger partial charge in [-0.3, -0.25) is 4.55 Å². The SMILES string of the molecule is Nc1nc(NS(=O)O)nc2[nH]ccc12. The van der Waals surface area contributed by atoms with Gasteiger partial charge in [0.25, 0.3) is 11.3 Å². The van der Waals surface area contributed by atoms with Gasteiger partial charge >= 0.3 is 0 Å². The monoisotopic (exact) mass is 213 g/mol. The van der Waals surface area contributed by atoms with E-state index in [1.165, 1.54) is 0 Å². The molecule has 2 aromatic heterocycles. The highest BCUT2D eigenvalue weighted by atomic mass is 32.2. The van der Waals surface area contributed by atoms with Gasteiger partial charge in [0.05, 0.1) is 5.39 Å². The molecule has 74 valence electrons. The van der Waals surface area contributed by atoms with E-state index >= 15 is 0 Å². The van der Waals surface area contributed by atoms with Crippen LogP contribution in [0.3, 0.4) is 0 Å². The first-order valence-corrected chi connectivity index (χ1v) is 4.75. The second-order valence-electron chi connectivity index (χ2n) is 2.52. The van der Waals surface area contributed by atoms with Crippen molar-refractivity contribution in [2.75, 3.05) is 10.5 Å². The highest BCUT2D eigenvalue weighted by Crippen LogP contribution is 2.17. The number of hydrogen-bond donors (Lipinski definition) is 4. The molecule has 5 N–H and O–H groups in total. The van der Waals surface area contributed by atoms with Gasteiger partial charge in [0, 0.05) is 6.20 Å². The van der Waals surface area contributed by atoms with Crippen molar-refractivity contribution in [1.29, 1.82) is 0 Å². The van der Waals surface area contributed by atoms with Crippen LogP contribution in [0.4, 0.5) is 11.8 Å². The summed E-state index contributed by atoms with van der Waals surface area (Å²) in [7, 11) is 0. The van der Waals surface area contributed by atoms with Crippen molar-refractivity contribution >= 4 is 34.1 Å². The fraction of sp³-hybridized carbons (Fsp3) is 0. The molecule has 1 unspecified atom stereocenters. The first-order chi connectivity index (χ1) is 6.66. The van der Waals surface area contributed by atoms with E-state index in [0.29, 0.717) is 11.0 Å². The second kappa shape index (κ2) is 3.24. The van der Waals surface area contributed by atoms with E-state index in [9.17, 15) is 4.21 Å². The molecule has 14 heavy (non-hydrogen) atoms. The largest absolute Gasteiger partial charge is 0.383 e. The van der Waals surface area contributed by atoms with Crippen LogP contribution in [0.5, 0.6) is 0 Å². The maximum atomic E-state index is 10.4. The quantitative estimate of drug-likeness (QED) is 0.527. The van der Waals surface area contributed by atoms with Crippen molar-refractivity contribution < 1.29 is 8.76 Å². The van der Waals surface area contributed by atoms with Crippen molar-refractivity contribution in [3.63, 3.8) is 0 Å². The molecule has 0 radical (unpaired) electrons. The van der Waals surface area contributed by atoms with E-state index in [0.717, 1.165) is 0 Å². The lowest BCUT2D eigenvalue weighted by molar-refractivity contribution is 0.570. The summed E-state index contributed by atoms with van der Waals surface area (Å²) in [6, 6.07) is 1.73. The highest BCUT2D eigenvalue weighted by molar-refractivity contribution is 7.80. The van der Waals surface area contributed by atoms with Crippen molar-refractivity contribution in [1.82, 2.24) is 15.0 Å². The van der Waals surface area contributed by atoms with Crippen LogP contribution >= 0.6 is 0 Å². The van der Waals surface area contributed by atoms with E-state index in [1.54, 1.807) is 12.3 Å². The highest BCUT2D eigenvalue weighted by Gasteiger charge is 2.06. The van der Waals surface area contributed by atoms with Gasteiger partial charge in [-0.1, -0.05) is 0 Å². The van der Waals surface area contributed by atoms with Crippen molar-refractivity contribution in [2.45, 2.75) is 0 Å². The minimum atomic E-state index is -2.20. The van der Waals surface area contributed by atoms with E-state index < -0.39 is 11.3 Å².